The zero-order valence-corrected chi connectivity index (χ0v) is 38.1. The quantitative estimate of drug-likeness (QED) is 0.0149. The predicted molar refractivity (Wildman–Crippen MR) is 239 cm³/mol. The van der Waals surface area contributed by atoms with E-state index in [9.17, 15) is 39.8 Å². The van der Waals surface area contributed by atoms with Gasteiger partial charge in [0, 0.05) is 13.0 Å². The van der Waals surface area contributed by atoms with Crippen LogP contribution in [0.15, 0.2) is 48.6 Å². The molecule has 0 aliphatic heterocycles. The van der Waals surface area contributed by atoms with Gasteiger partial charge in [-0.2, -0.15) is 0 Å². The van der Waals surface area contributed by atoms with Crippen LogP contribution in [0.3, 0.4) is 0 Å². The van der Waals surface area contributed by atoms with E-state index < -0.39 is 63.1 Å². The lowest BCUT2D eigenvalue weighted by molar-refractivity contribution is -0.220. The Morgan fingerprint density at radius 2 is 0.933 bits per heavy atom. The van der Waals surface area contributed by atoms with E-state index in [1.54, 1.807) is 0 Å². The number of allylic oxidation sites excluding steroid dienone is 8. The molecule has 0 heterocycles. The van der Waals surface area contributed by atoms with Crippen molar-refractivity contribution in [1.82, 2.24) is 0 Å². The molecule has 1 saturated carbocycles. The van der Waals surface area contributed by atoms with E-state index >= 15 is 0 Å². The third-order valence-corrected chi connectivity index (χ3v) is 11.7. The van der Waals surface area contributed by atoms with E-state index in [1.807, 2.05) is 0 Å². The largest absolute Gasteiger partial charge is 0.472 e. The van der Waals surface area contributed by atoms with E-state index in [2.05, 4.69) is 62.5 Å². The van der Waals surface area contributed by atoms with Gasteiger partial charge in [-0.25, -0.2) is 4.57 Å². The number of aliphatic hydroxyl groups excluding tert-OH is 5. The van der Waals surface area contributed by atoms with Crippen LogP contribution in [0.25, 0.3) is 0 Å². The first kappa shape index (κ1) is 56.3. The van der Waals surface area contributed by atoms with E-state index in [0.29, 0.717) is 13.0 Å². The lowest BCUT2D eigenvalue weighted by Crippen LogP contribution is -2.64. The maximum Gasteiger partial charge on any atom is 0.472 e. The van der Waals surface area contributed by atoms with E-state index in [-0.39, 0.29) is 13.0 Å². The average molecular weight is 873 g/mol. The highest BCUT2D eigenvalue weighted by Crippen LogP contribution is 2.47. The highest BCUT2D eigenvalue weighted by Gasteiger charge is 2.51. The summed E-state index contributed by atoms with van der Waals surface area (Å²) in [5.74, 6) is -0.493. The molecule has 0 aromatic rings. The highest BCUT2D eigenvalue weighted by molar-refractivity contribution is 7.47. The van der Waals surface area contributed by atoms with Gasteiger partial charge in [0.15, 0.2) is 0 Å². The van der Waals surface area contributed by atoms with Crippen molar-refractivity contribution in [3.63, 3.8) is 0 Å². The summed E-state index contributed by atoms with van der Waals surface area (Å²) in [4.78, 5) is 23.2. The molecular weight excluding hydrogens is 787 g/mol. The monoisotopic (exact) mass is 873 g/mol. The summed E-state index contributed by atoms with van der Waals surface area (Å²) in [7, 11) is -5.02. The van der Waals surface area contributed by atoms with Crippen LogP contribution in [-0.2, 0) is 27.9 Å². The van der Waals surface area contributed by atoms with Crippen molar-refractivity contribution in [2.75, 3.05) is 19.8 Å². The summed E-state index contributed by atoms with van der Waals surface area (Å²) < 4.78 is 34.2. The number of esters is 1. The summed E-state index contributed by atoms with van der Waals surface area (Å²) in [5, 5.41) is 50.2. The summed E-state index contributed by atoms with van der Waals surface area (Å²) in [6.45, 7) is 4.19. The summed E-state index contributed by atoms with van der Waals surface area (Å²) in [6.07, 6.45) is 33.1. The number of phosphoric ester groups is 1. The lowest BCUT2D eigenvalue weighted by Gasteiger charge is -2.41. The summed E-state index contributed by atoms with van der Waals surface area (Å²) >= 11 is 0. The van der Waals surface area contributed by atoms with E-state index in [4.69, 9.17) is 18.5 Å². The molecule has 12 nitrogen and oxygen atoms in total. The predicted octanol–water partition coefficient (Wildman–Crippen LogP) is 9.64. The molecule has 0 amide bonds. The molecule has 6 unspecified atom stereocenters. The van der Waals surface area contributed by atoms with Crippen molar-refractivity contribution in [3.05, 3.63) is 48.6 Å². The van der Waals surface area contributed by atoms with Gasteiger partial charge >= 0.3 is 13.8 Å². The number of aliphatic hydroxyl groups is 5. The second-order valence-corrected chi connectivity index (χ2v) is 17.7. The number of ether oxygens (including phenoxy) is 2. The van der Waals surface area contributed by atoms with Crippen molar-refractivity contribution >= 4 is 13.8 Å². The molecule has 0 aromatic carbocycles. The average Bonchev–Trinajstić information content (AvgIpc) is 3.23. The Balaban J connectivity index is 2.40. The van der Waals surface area contributed by atoms with Crippen LogP contribution >= 0.6 is 7.82 Å². The first-order chi connectivity index (χ1) is 29.0. The zero-order valence-electron chi connectivity index (χ0n) is 37.2. The Morgan fingerprint density at radius 3 is 1.47 bits per heavy atom. The molecule has 0 spiro atoms. The van der Waals surface area contributed by atoms with Gasteiger partial charge in [0.2, 0.25) is 0 Å². The topological polar surface area (TPSA) is 192 Å². The van der Waals surface area contributed by atoms with Crippen molar-refractivity contribution in [3.8, 4) is 0 Å². The standard InChI is InChI=1S/C47H85O12P/c1-3-5-7-9-11-13-15-17-19-20-21-22-23-24-26-28-30-32-34-36-41(48)58-40(38-56-37-35-33-31-29-27-25-18-16-14-12-10-8-6-4-2)39-57-60(54,55)59-47-45(52)43(50)42(49)44(51)46(47)53/h11,13-14,16-17,19,21-22,40,42-47,49-53H,3-10,12,15,18,20,23-39H2,1-2H3,(H,54,55)/b13-11-,16-14-,19-17-,22-21-. The number of hydrogen-bond acceptors (Lipinski definition) is 11. The number of unbranched alkanes of at least 4 members (excludes halogenated alkanes) is 19. The van der Waals surface area contributed by atoms with Gasteiger partial charge in [-0.1, -0.05) is 146 Å². The fourth-order valence-corrected chi connectivity index (χ4v) is 7.86. The molecule has 0 bridgehead atoms. The maximum absolute atomic E-state index is 12.8. The molecule has 13 heteroatoms. The van der Waals surface area contributed by atoms with E-state index in [0.717, 1.165) is 83.5 Å². The Hall–Kier alpha value is -1.70. The highest BCUT2D eigenvalue weighted by atomic mass is 31.2. The fourth-order valence-electron chi connectivity index (χ4n) is 6.89. The second-order valence-electron chi connectivity index (χ2n) is 16.2. The smallest absolute Gasteiger partial charge is 0.457 e. The second kappa shape index (κ2) is 37.8. The number of carbonyl (C=O) groups excluding carboxylic acids is 1. The fraction of sp³-hybridized carbons (Fsp3) is 0.809. The van der Waals surface area contributed by atoms with Gasteiger partial charge in [-0.15, -0.1) is 0 Å². The van der Waals surface area contributed by atoms with Crippen LogP contribution in [0.4, 0.5) is 0 Å². The third kappa shape index (κ3) is 29.6. The van der Waals surface area contributed by atoms with Crippen LogP contribution in [0.1, 0.15) is 181 Å². The van der Waals surface area contributed by atoms with Gasteiger partial charge < -0.3 is 39.9 Å². The molecule has 1 aliphatic rings. The van der Waals surface area contributed by atoms with Gasteiger partial charge in [0.25, 0.3) is 0 Å². The van der Waals surface area contributed by atoms with Gasteiger partial charge in [0.1, 0.15) is 42.7 Å². The molecule has 0 aromatic heterocycles. The van der Waals surface area contributed by atoms with Gasteiger partial charge in [-0.3, -0.25) is 13.8 Å². The summed E-state index contributed by atoms with van der Waals surface area (Å²) in [5.41, 5.74) is 0. The Bertz CT molecular complexity index is 1180. The SMILES string of the molecule is CCCCC/C=C\C/C=C\C/C=C\CCCCCCCCC(=O)OC(COCCCCCCCC/C=C\CCCCCC)COP(=O)(O)OC1C(O)C(O)C(O)C(O)C1O. The first-order valence-electron chi connectivity index (χ1n) is 23.5. The number of carbonyl (C=O) groups is 1. The third-order valence-electron chi connectivity index (χ3n) is 10.7. The molecule has 1 fully saturated rings. The number of rotatable bonds is 39. The molecule has 350 valence electrons. The molecular formula is C47H85O12P. The van der Waals surface area contributed by atoms with Crippen LogP contribution in [0.5, 0.6) is 0 Å². The van der Waals surface area contributed by atoms with Crippen molar-refractivity contribution in [2.45, 2.75) is 224 Å². The first-order valence-corrected chi connectivity index (χ1v) is 25.0. The molecule has 60 heavy (non-hydrogen) atoms. The Morgan fingerprint density at radius 1 is 0.533 bits per heavy atom. The molecule has 0 saturated heterocycles. The lowest BCUT2D eigenvalue weighted by atomic mass is 9.85. The van der Waals surface area contributed by atoms with Crippen LogP contribution < -0.4 is 0 Å². The Kier molecular flexibility index (Phi) is 35.5. The minimum Gasteiger partial charge on any atom is -0.457 e. The minimum atomic E-state index is -5.02. The van der Waals surface area contributed by atoms with E-state index in [1.165, 1.54) is 70.6 Å². The molecule has 6 N–H and O–H groups in total. The van der Waals surface area contributed by atoms with Crippen molar-refractivity contribution in [1.29, 1.82) is 0 Å². The van der Waals surface area contributed by atoms with Gasteiger partial charge in [0.05, 0.1) is 13.2 Å². The zero-order chi connectivity index (χ0) is 44.1. The Labute approximate surface area is 363 Å². The number of hydrogen-bond donors (Lipinski definition) is 6. The van der Waals surface area contributed by atoms with Crippen LogP contribution in [0.2, 0.25) is 0 Å². The van der Waals surface area contributed by atoms with Crippen LogP contribution in [0, 0.1) is 0 Å². The normalized spacial score (nSPS) is 22.7. The molecule has 1 aliphatic carbocycles. The maximum atomic E-state index is 12.8. The van der Waals surface area contributed by atoms with Gasteiger partial charge in [-0.05, 0) is 77.0 Å². The van der Waals surface area contributed by atoms with Crippen molar-refractivity contribution in [2.24, 2.45) is 0 Å². The molecule has 0 radical (unpaired) electrons. The van der Waals surface area contributed by atoms with Crippen LogP contribution in [-0.4, -0.2) is 98.9 Å². The summed E-state index contributed by atoms with van der Waals surface area (Å²) in [6, 6.07) is 0. The molecule has 6 atom stereocenters. The number of phosphoric acid groups is 1. The molecule has 1 rings (SSSR count). The van der Waals surface area contributed by atoms with Crippen molar-refractivity contribution < 1.29 is 58.3 Å². The minimum absolute atomic E-state index is 0.0872.